The van der Waals surface area contributed by atoms with Crippen LogP contribution in [0.3, 0.4) is 0 Å². The summed E-state index contributed by atoms with van der Waals surface area (Å²) in [6.07, 6.45) is 0.140. The number of hydrogen-bond donors (Lipinski definition) is 1. The topological polar surface area (TPSA) is 42.2 Å². The van der Waals surface area contributed by atoms with Gasteiger partial charge in [0.25, 0.3) is 5.92 Å². The third kappa shape index (κ3) is 4.19. The molecule has 0 aliphatic heterocycles. The molecule has 0 radical (unpaired) electrons. The van der Waals surface area contributed by atoms with E-state index in [1.54, 1.807) is 41.0 Å². The number of halogens is 3. The number of aryl methyl sites for hydroxylation is 1. The highest BCUT2D eigenvalue weighted by Gasteiger charge is 2.29. The average molecular weight is 390 g/mol. The fraction of sp³-hybridized carbons (Fsp3) is 0.190. The number of aromatic nitrogens is 1. The second kappa shape index (κ2) is 7.53. The van der Waals surface area contributed by atoms with Gasteiger partial charge in [-0.1, -0.05) is 41.9 Å². The Labute approximate surface area is 160 Å². The number of nitrogens with zero attached hydrogens (tertiary/aromatic N) is 1. The number of para-hydroxylation sites is 1. The molecule has 2 aromatic carbocycles. The molecule has 0 spiro atoms. The first-order valence-corrected chi connectivity index (χ1v) is 8.81. The zero-order chi connectivity index (χ0) is 19.6. The molecule has 140 valence electrons. The maximum atomic E-state index is 14.2. The molecule has 6 heteroatoms. The van der Waals surface area contributed by atoms with E-state index in [1.165, 1.54) is 6.07 Å². The van der Waals surface area contributed by atoms with E-state index >= 15 is 0 Å². The monoisotopic (exact) mass is 389 g/mol. The van der Waals surface area contributed by atoms with Gasteiger partial charge in [0.2, 0.25) is 0 Å². The molecule has 0 aliphatic rings. The number of hydrogen-bond acceptors (Lipinski definition) is 1. The van der Waals surface area contributed by atoms with Crippen LogP contribution in [-0.2, 0) is 17.1 Å². The third-order valence-electron chi connectivity index (χ3n) is 4.31. The molecular weight excluding hydrogens is 372 g/mol. The molecule has 1 heterocycles. The number of carboxylic acids is 1. The SMILES string of the molecule is CC(F)(F)c1ccccc1-n1c(CCC(=O)O)ccc1-c1ccc(Cl)cc1. The highest BCUT2D eigenvalue weighted by atomic mass is 35.5. The molecule has 0 aliphatic carbocycles. The molecule has 3 rings (SSSR count). The second-order valence-electron chi connectivity index (χ2n) is 6.35. The predicted molar refractivity (Wildman–Crippen MR) is 102 cm³/mol. The molecule has 0 amide bonds. The normalized spacial score (nSPS) is 11.6. The largest absolute Gasteiger partial charge is 0.481 e. The van der Waals surface area contributed by atoms with Crippen molar-refractivity contribution >= 4 is 17.6 Å². The van der Waals surface area contributed by atoms with Gasteiger partial charge >= 0.3 is 5.97 Å². The summed E-state index contributed by atoms with van der Waals surface area (Å²) in [5.74, 6) is -3.98. The molecule has 0 fully saturated rings. The summed E-state index contributed by atoms with van der Waals surface area (Å²) in [7, 11) is 0. The molecule has 3 aromatic rings. The quantitative estimate of drug-likeness (QED) is 0.568. The van der Waals surface area contributed by atoms with E-state index in [2.05, 4.69) is 0 Å². The van der Waals surface area contributed by atoms with Gasteiger partial charge in [0.15, 0.2) is 0 Å². The van der Waals surface area contributed by atoms with Crippen molar-refractivity contribution in [2.45, 2.75) is 25.7 Å². The van der Waals surface area contributed by atoms with E-state index in [0.717, 1.165) is 12.5 Å². The van der Waals surface area contributed by atoms with Crippen molar-refractivity contribution in [1.29, 1.82) is 0 Å². The number of carbonyl (C=O) groups is 1. The van der Waals surface area contributed by atoms with E-state index in [4.69, 9.17) is 16.7 Å². The highest BCUT2D eigenvalue weighted by Crippen LogP contribution is 2.36. The van der Waals surface area contributed by atoms with Gasteiger partial charge in [-0.3, -0.25) is 4.79 Å². The summed E-state index contributed by atoms with van der Waals surface area (Å²) in [4.78, 5) is 11.0. The predicted octanol–water partition coefficient (Wildman–Crippen LogP) is 5.93. The summed E-state index contributed by atoms with van der Waals surface area (Å²) in [6.45, 7) is 0.855. The van der Waals surface area contributed by atoms with E-state index in [0.29, 0.717) is 22.1 Å². The number of benzene rings is 2. The van der Waals surface area contributed by atoms with Crippen LogP contribution in [0.4, 0.5) is 8.78 Å². The van der Waals surface area contributed by atoms with Crippen LogP contribution >= 0.6 is 11.6 Å². The Morgan fingerprint density at radius 3 is 2.37 bits per heavy atom. The van der Waals surface area contributed by atoms with Gasteiger partial charge in [-0.05, 0) is 42.3 Å². The lowest BCUT2D eigenvalue weighted by Gasteiger charge is -2.20. The molecule has 0 unspecified atom stereocenters. The Balaban J connectivity index is 2.21. The van der Waals surface area contributed by atoms with Crippen molar-refractivity contribution < 1.29 is 18.7 Å². The minimum Gasteiger partial charge on any atom is -0.481 e. The van der Waals surface area contributed by atoms with Gasteiger partial charge in [-0.15, -0.1) is 0 Å². The number of rotatable bonds is 6. The minimum absolute atomic E-state index is 0.0885. The van der Waals surface area contributed by atoms with Crippen molar-refractivity contribution in [3.05, 3.63) is 76.9 Å². The zero-order valence-corrected chi connectivity index (χ0v) is 15.4. The van der Waals surface area contributed by atoms with Gasteiger partial charge in [0, 0.05) is 23.2 Å². The van der Waals surface area contributed by atoms with Gasteiger partial charge in [0.05, 0.1) is 17.8 Å². The van der Waals surface area contributed by atoms with Crippen molar-refractivity contribution in [3.8, 4) is 16.9 Å². The molecule has 0 saturated heterocycles. The van der Waals surface area contributed by atoms with E-state index < -0.39 is 11.9 Å². The van der Waals surface area contributed by atoms with E-state index in [9.17, 15) is 13.6 Å². The standard InChI is InChI=1S/C21H18ClF2NO2/c1-21(23,24)17-4-2-3-5-19(17)25-16(11-13-20(26)27)10-12-18(25)14-6-8-15(22)9-7-14/h2-10,12H,11,13H2,1H3,(H,26,27). The van der Waals surface area contributed by atoms with Crippen molar-refractivity contribution in [3.63, 3.8) is 0 Å². The summed E-state index contributed by atoms with van der Waals surface area (Å²) < 4.78 is 30.1. The molecule has 3 nitrogen and oxygen atoms in total. The summed E-state index contributed by atoms with van der Waals surface area (Å²) >= 11 is 5.96. The molecule has 1 aromatic heterocycles. The molecule has 0 bridgehead atoms. The Hall–Kier alpha value is -2.66. The van der Waals surface area contributed by atoms with Crippen molar-refractivity contribution in [2.24, 2.45) is 0 Å². The van der Waals surface area contributed by atoms with Crippen LogP contribution in [-0.4, -0.2) is 15.6 Å². The lowest BCUT2D eigenvalue weighted by Crippen LogP contribution is -2.14. The maximum Gasteiger partial charge on any atom is 0.303 e. The molecule has 0 atom stereocenters. The van der Waals surface area contributed by atoms with Crippen molar-refractivity contribution in [2.75, 3.05) is 0 Å². The van der Waals surface area contributed by atoms with Crippen LogP contribution in [0.2, 0.25) is 5.02 Å². The molecule has 0 saturated carbocycles. The number of aliphatic carboxylic acids is 1. The second-order valence-corrected chi connectivity index (χ2v) is 6.79. The fourth-order valence-electron chi connectivity index (χ4n) is 3.08. The first-order chi connectivity index (χ1) is 12.8. The first-order valence-electron chi connectivity index (χ1n) is 8.43. The third-order valence-corrected chi connectivity index (χ3v) is 4.57. The van der Waals surface area contributed by atoms with Crippen LogP contribution in [0, 0.1) is 0 Å². The smallest absolute Gasteiger partial charge is 0.303 e. The summed E-state index contributed by atoms with van der Waals surface area (Å²) in [5.41, 5.74) is 2.37. The maximum absolute atomic E-state index is 14.2. The number of alkyl halides is 2. The first kappa shape index (κ1) is 19.1. The molecular formula is C21H18ClF2NO2. The number of carboxylic acid groups (broad SMARTS) is 1. The highest BCUT2D eigenvalue weighted by molar-refractivity contribution is 6.30. The molecule has 27 heavy (non-hydrogen) atoms. The average Bonchev–Trinajstić information content (AvgIpc) is 3.03. The van der Waals surface area contributed by atoms with E-state index in [-0.39, 0.29) is 18.4 Å². The van der Waals surface area contributed by atoms with Gasteiger partial charge in [-0.25, -0.2) is 8.78 Å². The van der Waals surface area contributed by atoms with Crippen LogP contribution in [0.15, 0.2) is 60.7 Å². The lowest BCUT2D eigenvalue weighted by atomic mass is 10.1. The Kier molecular flexibility index (Phi) is 5.33. The van der Waals surface area contributed by atoms with Crippen LogP contribution in [0.1, 0.15) is 24.6 Å². The summed E-state index contributed by atoms with van der Waals surface area (Å²) in [6, 6.07) is 16.9. The van der Waals surface area contributed by atoms with Gasteiger partial charge in [0.1, 0.15) is 0 Å². The minimum atomic E-state index is -3.04. The Morgan fingerprint density at radius 2 is 1.74 bits per heavy atom. The Bertz CT molecular complexity index is 959. The van der Waals surface area contributed by atoms with Gasteiger partial charge < -0.3 is 9.67 Å². The fourth-order valence-corrected chi connectivity index (χ4v) is 3.21. The van der Waals surface area contributed by atoms with Crippen LogP contribution in [0.25, 0.3) is 16.9 Å². The lowest BCUT2D eigenvalue weighted by molar-refractivity contribution is -0.136. The van der Waals surface area contributed by atoms with E-state index in [1.807, 2.05) is 18.2 Å². The zero-order valence-electron chi connectivity index (χ0n) is 14.6. The van der Waals surface area contributed by atoms with Crippen LogP contribution < -0.4 is 0 Å². The molecule has 1 N–H and O–H groups in total. The summed E-state index contributed by atoms with van der Waals surface area (Å²) in [5, 5.41) is 9.60. The van der Waals surface area contributed by atoms with Gasteiger partial charge in [-0.2, -0.15) is 0 Å². The van der Waals surface area contributed by atoms with Crippen molar-refractivity contribution in [1.82, 2.24) is 4.57 Å². The Morgan fingerprint density at radius 1 is 1.07 bits per heavy atom. The van der Waals surface area contributed by atoms with Crippen LogP contribution in [0.5, 0.6) is 0 Å².